The Morgan fingerprint density at radius 2 is 1.84 bits per heavy atom. The first-order valence-electron chi connectivity index (χ1n) is 11.7. The minimum atomic E-state index is -0.691. The summed E-state index contributed by atoms with van der Waals surface area (Å²) >= 11 is 0. The number of nitrogens with one attached hydrogen (secondary N) is 1. The number of carbonyl (C=O) groups excluding carboxylic acids is 2. The van der Waals surface area contributed by atoms with Crippen LogP contribution in [0.15, 0.2) is 18.2 Å². The van der Waals surface area contributed by atoms with Crippen LogP contribution in [-0.4, -0.2) is 48.6 Å². The monoisotopic (exact) mass is 447 g/mol. The van der Waals surface area contributed by atoms with E-state index in [4.69, 9.17) is 10.5 Å². The lowest BCUT2D eigenvalue weighted by atomic mass is 9.47. The lowest BCUT2D eigenvalue weighted by Crippen LogP contribution is -2.63. The summed E-state index contributed by atoms with van der Waals surface area (Å²) in [4.78, 5) is 27.2. The van der Waals surface area contributed by atoms with E-state index in [1.54, 1.807) is 6.92 Å². The molecular formula is C24H31F2N3O3. The van der Waals surface area contributed by atoms with Crippen molar-refractivity contribution in [2.45, 2.75) is 57.2 Å². The molecule has 3 unspecified atom stereocenters. The average molecular weight is 448 g/mol. The van der Waals surface area contributed by atoms with Crippen molar-refractivity contribution in [1.82, 2.24) is 10.2 Å². The van der Waals surface area contributed by atoms with Gasteiger partial charge in [-0.25, -0.2) is 8.78 Å². The van der Waals surface area contributed by atoms with Gasteiger partial charge in [0.1, 0.15) is 17.7 Å². The van der Waals surface area contributed by atoms with Gasteiger partial charge in [-0.3, -0.25) is 14.5 Å². The van der Waals surface area contributed by atoms with Crippen molar-refractivity contribution < 1.29 is 23.1 Å². The van der Waals surface area contributed by atoms with E-state index < -0.39 is 29.2 Å². The maximum absolute atomic E-state index is 14.3. The van der Waals surface area contributed by atoms with Crippen LogP contribution in [0.5, 0.6) is 0 Å². The molecule has 0 radical (unpaired) electrons. The highest BCUT2D eigenvalue weighted by molar-refractivity contribution is 5.83. The first-order valence-corrected chi connectivity index (χ1v) is 11.7. The van der Waals surface area contributed by atoms with Gasteiger partial charge in [-0.2, -0.15) is 0 Å². The van der Waals surface area contributed by atoms with Crippen LogP contribution >= 0.6 is 0 Å². The Balaban J connectivity index is 1.25. The Kier molecular flexibility index (Phi) is 5.48. The number of amides is 2. The normalized spacial score (nSPS) is 37.3. The number of ether oxygens (including phenoxy) is 1. The van der Waals surface area contributed by atoms with E-state index in [1.165, 1.54) is 18.2 Å². The smallest absolute Gasteiger partial charge is 0.250 e. The van der Waals surface area contributed by atoms with Gasteiger partial charge in [0.05, 0.1) is 6.61 Å². The molecule has 1 aliphatic heterocycles. The molecule has 5 aliphatic rings. The minimum absolute atomic E-state index is 0.0198. The third kappa shape index (κ3) is 3.61. The summed E-state index contributed by atoms with van der Waals surface area (Å²) in [6, 6.07) is 3.39. The maximum Gasteiger partial charge on any atom is 0.250 e. The number of nitrogens with two attached hydrogens (primary N) is 1. The van der Waals surface area contributed by atoms with Crippen molar-refractivity contribution in [3.63, 3.8) is 0 Å². The zero-order valence-electron chi connectivity index (χ0n) is 18.4. The van der Waals surface area contributed by atoms with E-state index in [2.05, 4.69) is 5.32 Å². The Labute approximate surface area is 186 Å². The van der Waals surface area contributed by atoms with Crippen molar-refractivity contribution in [1.29, 1.82) is 0 Å². The molecule has 4 bridgehead atoms. The molecule has 1 aromatic carbocycles. The fraction of sp³-hybridized carbons (Fsp3) is 0.667. The van der Waals surface area contributed by atoms with Crippen LogP contribution in [0.2, 0.25) is 0 Å². The molecule has 4 aliphatic carbocycles. The highest BCUT2D eigenvalue weighted by Gasteiger charge is 2.58. The number of carbonyl (C=O) groups is 2. The second kappa shape index (κ2) is 8.06. The summed E-state index contributed by atoms with van der Waals surface area (Å²) in [5.41, 5.74) is 5.39. The summed E-state index contributed by atoms with van der Waals surface area (Å²) in [5, 5.41) is 3.22. The molecule has 3 N–H and O–H groups in total. The minimum Gasteiger partial charge on any atom is -0.369 e. The molecule has 1 aromatic rings. The van der Waals surface area contributed by atoms with Crippen molar-refractivity contribution in [3.8, 4) is 0 Å². The van der Waals surface area contributed by atoms with Crippen molar-refractivity contribution in [2.75, 3.05) is 19.7 Å². The molecule has 0 aromatic heterocycles. The Morgan fingerprint density at radius 3 is 2.47 bits per heavy atom. The summed E-state index contributed by atoms with van der Waals surface area (Å²) in [6.45, 7) is 2.85. The number of primary amides is 1. The van der Waals surface area contributed by atoms with Crippen molar-refractivity contribution >= 4 is 11.8 Å². The predicted molar refractivity (Wildman–Crippen MR) is 113 cm³/mol. The number of hydrogen-bond acceptors (Lipinski definition) is 4. The molecule has 1 heterocycles. The van der Waals surface area contributed by atoms with Gasteiger partial charge in [-0.05, 0) is 68.9 Å². The van der Waals surface area contributed by atoms with Gasteiger partial charge >= 0.3 is 0 Å². The lowest BCUT2D eigenvalue weighted by Gasteiger charge is -2.59. The molecule has 32 heavy (non-hydrogen) atoms. The zero-order chi connectivity index (χ0) is 22.6. The van der Waals surface area contributed by atoms with Gasteiger partial charge in [0, 0.05) is 36.2 Å². The fourth-order valence-corrected chi connectivity index (χ4v) is 7.09. The van der Waals surface area contributed by atoms with Crippen LogP contribution in [0, 0.1) is 34.8 Å². The molecule has 1 saturated heterocycles. The summed E-state index contributed by atoms with van der Waals surface area (Å²) < 4.78 is 34.3. The fourth-order valence-electron chi connectivity index (χ4n) is 7.09. The summed E-state index contributed by atoms with van der Waals surface area (Å²) in [6.07, 6.45) is 3.75. The van der Waals surface area contributed by atoms with Gasteiger partial charge in [-0.15, -0.1) is 0 Å². The Hall–Kier alpha value is -2.06. The predicted octanol–water partition coefficient (Wildman–Crippen LogP) is 2.52. The molecule has 6 nitrogen and oxygen atoms in total. The molecule has 6 rings (SSSR count). The van der Waals surface area contributed by atoms with Crippen LogP contribution in [0.25, 0.3) is 0 Å². The highest BCUT2D eigenvalue weighted by Crippen LogP contribution is 2.59. The number of halogens is 2. The van der Waals surface area contributed by atoms with Gasteiger partial charge in [0.15, 0.2) is 0 Å². The molecule has 0 spiro atoms. The zero-order valence-corrected chi connectivity index (χ0v) is 18.4. The molecule has 8 heteroatoms. The first-order chi connectivity index (χ1) is 15.3. The van der Waals surface area contributed by atoms with Gasteiger partial charge in [-0.1, -0.05) is 6.07 Å². The number of morpholine rings is 1. The summed E-state index contributed by atoms with van der Waals surface area (Å²) in [5.74, 6) is -0.480. The second-order valence-electron chi connectivity index (χ2n) is 10.3. The quantitative estimate of drug-likeness (QED) is 0.727. The number of benzene rings is 1. The van der Waals surface area contributed by atoms with E-state index in [-0.39, 0.29) is 41.8 Å². The molecule has 5 fully saturated rings. The first kappa shape index (κ1) is 21.8. The summed E-state index contributed by atoms with van der Waals surface area (Å²) in [7, 11) is 0. The third-order valence-corrected chi connectivity index (χ3v) is 8.46. The van der Waals surface area contributed by atoms with E-state index >= 15 is 0 Å². The topological polar surface area (TPSA) is 84.7 Å². The van der Waals surface area contributed by atoms with E-state index in [9.17, 15) is 18.4 Å². The van der Waals surface area contributed by atoms with Crippen LogP contribution in [-0.2, 0) is 14.3 Å². The van der Waals surface area contributed by atoms with Gasteiger partial charge in [0.2, 0.25) is 5.91 Å². The van der Waals surface area contributed by atoms with Gasteiger partial charge in [0.25, 0.3) is 5.91 Å². The van der Waals surface area contributed by atoms with E-state index in [0.717, 1.165) is 32.1 Å². The van der Waals surface area contributed by atoms with E-state index in [0.29, 0.717) is 19.1 Å². The van der Waals surface area contributed by atoms with E-state index in [1.807, 2.05) is 4.90 Å². The molecule has 4 saturated carbocycles. The Morgan fingerprint density at radius 1 is 1.19 bits per heavy atom. The van der Waals surface area contributed by atoms with Crippen LogP contribution in [0.3, 0.4) is 0 Å². The number of nitrogens with zero attached hydrogens (tertiary/aromatic N) is 1. The van der Waals surface area contributed by atoms with Crippen molar-refractivity contribution in [3.05, 3.63) is 35.4 Å². The standard InChI is InChI=1S/C24H31F2N3O3/c1-13(20-17(25)3-2-4-18(20)26)29-5-6-32-19(12-29)22(30)28-21-15-7-14-8-16(21)11-24(9-14,10-15)23(27)31/h2-4,13-16,19,21H,5-12H2,1H3,(H2,27,31)(H,28,30)/t13-,14?,15?,16?,19?,21?,24?/m1/s1. The number of rotatable bonds is 5. The number of hydrogen-bond donors (Lipinski definition) is 2. The SMILES string of the molecule is C[C@H](c1c(F)cccc1F)N1CCOC(C(=O)NC2C3CC4CC2CC(C(N)=O)(C4)C3)C1. The average Bonchev–Trinajstić information content (AvgIpc) is 2.75. The highest BCUT2D eigenvalue weighted by atomic mass is 19.1. The molecule has 4 atom stereocenters. The van der Waals surface area contributed by atoms with Crippen LogP contribution in [0.4, 0.5) is 8.78 Å². The molecule has 2 amide bonds. The van der Waals surface area contributed by atoms with Crippen molar-refractivity contribution in [2.24, 2.45) is 28.9 Å². The van der Waals surface area contributed by atoms with Crippen LogP contribution in [0.1, 0.15) is 50.6 Å². The molecular weight excluding hydrogens is 416 g/mol. The third-order valence-electron chi connectivity index (χ3n) is 8.46. The maximum atomic E-state index is 14.3. The Bertz CT molecular complexity index is 890. The molecule has 174 valence electrons. The second-order valence-corrected chi connectivity index (χ2v) is 10.3. The van der Waals surface area contributed by atoms with Gasteiger partial charge < -0.3 is 15.8 Å². The van der Waals surface area contributed by atoms with Crippen LogP contribution < -0.4 is 11.1 Å². The largest absolute Gasteiger partial charge is 0.369 e. The lowest BCUT2D eigenvalue weighted by molar-refractivity contribution is -0.151.